The van der Waals surface area contributed by atoms with E-state index in [0.29, 0.717) is 13.0 Å². The van der Waals surface area contributed by atoms with E-state index in [9.17, 15) is 0 Å². The van der Waals surface area contributed by atoms with E-state index in [1.165, 1.54) is 0 Å². The summed E-state index contributed by atoms with van der Waals surface area (Å²) in [5.74, 6) is 0.769. The summed E-state index contributed by atoms with van der Waals surface area (Å²) in [4.78, 5) is 0. The maximum atomic E-state index is 6.41. The molecule has 3 rings (SSSR count). The molecule has 6 nitrogen and oxygen atoms in total. The lowest BCUT2D eigenvalue weighted by Gasteiger charge is -2.26. The summed E-state index contributed by atoms with van der Waals surface area (Å²) in [6.45, 7) is 2.70. The van der Waals surface area contributed by atoms with Gasteiger partial charge in [-0.25, -0.2) is 0 Å². The van der Waals surface area contributed by atoms with Crippen LogP contribution in [0.15, 0.2) is 30.3 Å². The molecule has 2 N–H and O–H groups in total. The van der Waals surface area contributed by atoms with Gasteiger partial charge >= 0.3 is 0 Å². The monoisotopic (exact) mass is 259 g/mol. The number of nitrogens with two attached hydrogens (primary N) is 1. The van der Waals surface area contributed by atoms with E-state index in [2.05, 4.69) is 15.5 Å². The summed E-state index contributed by atoms with van der Waals surface area (Å²) in [7, 11) is 0. The SMILES string of the molecule is CC1OCCC1(N)Cc1nnnn1-c1ccccc1. The third kappa shape index (κ3) is 2.24. The standard InChI is InChI=1S/C13H17N5O/c1-10-13(14,7-8-19-10)9-12-15-16-17-18(12)11-5-3-2-4-6-11/h2-6,10H,7-9,14H2,1H3. The second kappa shape index (κ2) is 4.71. The van der Waals surface area contributed by atoms with Gasteiger partial charge in [-0.1, -0.05) is 18.2 Å². The van der Waals surface area contributed by atoms with Gasteiger partial charge in [0.05, 0.1) is 17.3 Å². The number of rotatable bonds is 3. The lowest BCUT2D eigenvalue weighted by Crippen LogP contribution is -2.48. The fourth-order valence-corrected chi connectivity index (χ4v) is 2.41. The summed E-state index contributed by atoms with van der Waals surface area (Å²) < 4.78 is 7.30. The lowest BCUT2D eigenvalue weighted by atomic mass is 9.89. The summed E-state index contributed by atoms with van der Waals surface area (Å²) in [6, 6.07) is 9.82. The van der Waals surface area contributed by atoms with Crippen molar-refractivity contribution in [3.63, 3.8) is 0 Å². The highest BCUT2D eigenvalue weighted by Crippen LogP contribution is 2.26. The van der Waals surface area contributed by atoms with Crippen LogP contribution in [0.1, 0.15) is 19.2 Å². The molecule has 2 heterocycles. The Bertz CT molecular complexity index is 555. The lowest BCUT2D eigenvalue weighted by molar-refractivity contribution is 0.0948. The molecule has 100 valence electrons. The van der Waals surface area contributed by atoms with Crippen LogP contribution in [0.3, 0.4) is 0 Å². The molecule has 0 bridgehead atoms. The van der Waals surface area contributed by atoms with Crippen LogP contribution in [0.25, 0.3) is 5.69 Å². The summed E-state index contributed by atoms with van der Waals surface area (Å²) in [5, 5.41) is 11.9. The highest BCUT2D eigenvalue weighted by Gasteiger charge is 2.39. The number of benzene rings is 1. The Morgan fingerprint density at radius 2 is 2.21 bits per heavy atom. The number of para-hydroxylation sites is 1. The summed E-state index contributed by atoms with van der Waals surface area (Å²) in [6.07, 6.45) is 1.46. The largest absolute Gasteiger partial charge is 0.377 e. The van der Waals surface area contributed by atoms with Gasteiger partial charge in [-0.15, -0.1) is 5.10 Å². The Labute approximate surface area is 111 Å². The van der Waals surface area contributed by atoms with Crippen LogP contribution < -0.4 is 5.73 Å². The molecule has 2 unspecified atom stereocenters. The van der Waals surface area contributed by atoms with E-state index < -0.39 is 0 Å². The zero-order chi connectivity index (χ0) is 13.3. The first-order valence-electron chi connectivity index (χ1n) is 6.42. The number of hydrogen-bond donors (Lipinski definition) is 1. The van der Waals surface area contributed by atoms with Gasteiger partial charge in [-0.2, -0.15) is 4.68 Å². The first-order chi connectivity index (χ1) is 9.19. The molecule has 1 saturated heterocycles. The zero-order valence-corrected chi connectivity index (χ0v) is 10.9. The smallest absolute Gasteiger partial charge is 0.158 e. The average molecular weight is 259 g/mol. The molecule has 2 aromatic rings. The molecule has 1 aromatic carbocycles. The van der Waals surface area contributed by atoms with Gasteiger partial charge in [0.25, 0.3) is 0 Å². The van der Waals surface area contributed by atoms with E-state index in [0.717, 1.165) is 17.9 Å². The summed E-state index contributed by atoms with van der Waals surface area (Å²) >= 11 is 0. The molecule has 19 heavy (non-hydrogen) atoms. The van der Waals surface area contributed by atoms with Crippen LogP contribution in [-0.4, -0.2) is 38.5 Å². The van der Waals surface area contributed by atoms with Crippen molar-refractivity contribution in [1.29, 1.82) is 0 Å². The van der Waals surface area contributed by atoms with Gasteiger partial charge in [0.15, 0.2) is 5.82 Å². The third-order valence-electron chi connectivity index (χ3n) is 3.77. The molecule has 0 aliphatic carbocycles. The molecule has 6 heteroatoms. The first kappa shape index (κ1) is 12.3. The van der Waals surface area contributed by atoms with Gasteiger partial charge in [0.2, 0.25) is 0 Å². The fraction of sp³-hybridized carbons (Fsp3) is 0.462. The average Bonchev–Trinajstić information content (AvgIpc) is 2.99. The normalized spacial score (nSPS) is 26.7. The van der Waals surface area contributed by atoms with Crippen molar-refractivity contribution < 1.29 is 4.74 Å². The predicted molar refractivity (Wildman–Crippen MR) is 69.8 cm³/mol. The highest BCUT2D eigenvalue weighted by molar-refractivity contribution is 5.30. The molecule has 0 spiro atoms. The Morgan fingerprint density at radius 3 is 2.89 bits per heavy atom. The van der Waals surface area contributed by atoms with Gasteiger partial charge in [0.1, 0.15) is 0 Å². The Hall–Kier alpha value is -1.79. The van der Waals surface area contributed by atoms with Crippen molar-refractivity contribution in [2.75, 3.05) is 6.61 Å². The van der Waals surface area contributed by atoms with Crippen LogP contribution in [0.5, 0.6) is 0 Å². The van der Waals surface area contributed by atoms with E-state index in [-0.39, 0.29) is 11.6 Å². The number of ether oxygens (including phenoxy) is 1. The fourth-order valence-electron chi connectivity index (χ4n) is 2.41. The maximum Gasteiger partial charge on any atom is 0.158 e. The minimum absolute atomic E-state index is 0.0217. The quantitative estimate of drug-likeness (QED) is 0.878. The van der Waals surface area contributed by atoms with Gasteiger partial charge in [0, 0.05) is 13.0 Å². The van der Waals surface area contributed by atoms with E-state index >= 15 is 0 Å². The minimum Gasteiger partial charge on any atom is -0.377 e. The van der Waals surface area contributed by atoms with Crippen molar-refractivity contribution in [2.24, 2.45) is 5.73 Å². The highest BCUT2D eigenvalue weighted by atomic mass is 16.5. The number of hydrogen-bond acceptors (Lipinski definition) is 5. The number of tetrazole rings is 1. The van der Waals surface area contributed by atoms with Crippen LogP contribution in [0.2, 0.25) is 0 Å². The van der Waals surface area contributed by atoms with Crippen LogP contribution in [0.4, 0.5) is 0 Å². The topological polar surface area (TPSA) is 78.8 Å². The van der Waals surface area contributed by atoms with Crippen molar-refractivity contribution in [3.8, 4) is 5.69 Å². The molecular weight excluding hydrogens is 242 g/mol. The molecule has 0 radical (unpaired) electrons. The predicted octanol–water partition coefficient (Wildman–Crippen LogP) is 0.711. The van der Waals surface area contributed by atoms with Crippen LogP contribution in [0, 0.1) is 0 Å². The third-order valence-corrected chi connectivity index (χ3v) is 3.77. The zero-order valence-electron chi connectivity index (χ0n) is 10.9. The number of aromatic nitrogens is 4. The van der Waals surface area contributed by atoms with E-state index in [4.69, 9.17) is 10.5 Å². The minimum atomic E-state index is -0.388. The van der Waals surface area contributed by atoms with Crippen molar-refractivity contribution in [3.05, 3.63) is 36.2 Å². The molecule has 1 fully saturated rings. The van der Waals surface area contributed by atoms with E-state index in [1.54, 1.807) is 4.68 Å². The van der Waals surface area contributed by atoms with Crippen molar-refractivity contribution in [2.45, 2.75) is 31.4 Å². The molecule has 0 saturated carbocycles. The van der Waals surface area contributed by atoms with Gasteiger partial charge < -0.3 is 10.5 Å². The Kier molecular flexibility index (Phi) is 3.04. The van der Waals surface area contributed by atoms with Crippen LogP contribution in [-0.2, 0) is 11.2 Å². The van der Waals surface area contributed by atoms with Crippen molar-refractivity contribution >= 4 is 0 Å². The maximum absolute atomic E-state index is 6.41. The van der Waals surface area contributed by atoms with Gasteiger partial charge in [-0.3, -0.25) is 0 Å². The molecule has 1 aliphatic heterocycles. The van der Waals surface area contributed by atoms with E-state index in [1.807, 2.05) is 37.3 Å². The van der Waals surface area contributed by atoms with Gasteiger partial charge in [-0.05, 0) is 35.9 Å². The van der Waals surface area contributed by atoms with Crippen molar-refractivity contribution in [1.82, 2.24) is 20.2 Å². The van der Waals surface area contributed by atoms with Crippen LogP contribution >= 0.6 is 0 Å². The molecule has 1 aliphatic rings. The molecule has 2 atom stereocenters. The molecule has 1 aromatic heterocycles. The summed E-state index contributed by atoms with van der Waals surface area (Å²) in [5.41, 5.74) is 6.96. The second-order valence-corrected chi connectivity index (χ2v) is 5.02. The Balaban J connectivity index is 1.89. The molecular formula is C13H17N5O. The number of nitrogens with zero attached hydrogens (tertiary/aromatic N) is 4. The first-order valence-corrected chi connectivity index (χ1v) is 6.42. The second-order valence-electron chi connectivity index (χ2n) is 5.02. The molecule has 0 amide bonds. The Morgan fingerprint density at radius 1 is 1.42 bits per heavy atom.